The van der Waals surface area contributed by atoms with Crippen LogP contribution in [-0.4, -0.2) is 37.8 Å². The third-order valence-corrected chi connectivity index (χ3v) is 8.78. The number of allylic oxidation sites excluding steroid dienone is 2. The second-order valence-corrected chi connectivity index (χ2v) is 13.6. The molecular formula is C35H54O7. The second-order valence-electron chi connectivity index (χ2n) is 13.6. The van der Waals surface area contributed by atoms with E-state index in [-0.39, 0.29) is 35.5 Å². The van der Waals surface area contributed by atoms with Gasteiger partial charge in [0.1, 0.15) is 28.6 Å². The van der Waals surface area contributed by atoms with Crippen LogP contribution in [0, 0.1) is 16.7 Å². The van der Waals surface area contributed by atoms with E-state index in [1.165, 1.54) is 58.8 Å². The largest absolute Gasteiger partial charge is 0.511 e. The summed E-state index contributed by atoms with van der Waals surface area (Å²) in [5.74, 6) is -4.52. The minimum Gasteiger partial charge on any atom is -0.511 e. The Bertz CT molecular complexity index is 1160. The van der Waals surface area contributed by atoms with Gasteiger partial charge in [-0.3, -0.25) is 14.4 Å². The van der Waals surface area contributed by atoms with Crippen molar-refractivity contribution in [1.82, 2.24) is 0 Å². The summed E-state index contributed by atoms with van der Waals surface area (Å²) >= 11 is 0. The summed E-state index contributed by atoms with van der Waals surface area (Å²) in [6.45, 7) is 12.1. The summed E-state index contributed by atoms with van der Waals surface area (Å²) in [6.07, 6.45) is 12.8. The SMILES string of the molecule is CCCCCCCCCCCCCC(=O)c1c(O)cc(O)c([C@@H](CC(C)C)C2=C(O)C(C)(C)C(=O)C(C)(C)C2=O)c1O. The third kappa shape index (κ3) is 7.96. The lowest BCUT2D eigenvalue weighted by atomic mass is 9.60. The predicted molar refractivity (Wildman–Crippen MR) is 166 cm³/mol. The Morgan fingerprint density at radius 2 is 1.26 bits per heavy atom. The number of carbonyl (C=O) groups excluding carboxylic acids is 3. The molecule has 2 rings (SSSR count). The van der Waals surface area contributed by atoms with Crippen LogP contribution in [0.5, 0.6) is 17.2 Å². The molecule has 1 aromatic carbocycles. The van der Waals surface area contributed by atoms with Crippen molar-refractivity contribution in [3.63, 3.8) is 0 Å². The number of benzene rings is 1. The Hall–Kier alpha value is -2.83. The van der Waals surface area contributed by atoms with Crippen molar-refractivity contribution in [3.05, 3.63) is 28.5 Å². The van der Waals surface area contributed by atoms with Crippen LogP contribution in [0.2, 0.25) is 0 Å². The van der Waals surface area contributed by atoms with E-state index >= 15 is 0 Å². The van der Waals surface area contributed by atoms with E-state index in [0.717, 1.165) is 25.3 Å². The molecule has 0 saturated carbocycles. The van der Waals surface area contributed by atoms with Gasteiger partial charge in [0.15, 0.2) is 17.3 Å². The van der Waals surface area contributed by atoms with Crippen molar-refractivity contribution in [2.24, 2.45) is 16.7 Å². The van der Waals surface area contributed by atoms with Gasteiger partial charge in [-0.05, 0) is 46.5 Å². The van der Waals surface area contributed by atoms with Crippen LogP contribution in [-0.2, 0) is 9.59 Å². The first kappa shape index (κ1) is 35.4. The van der Waals surface area contributed by atoms with E-state index in [4.69, 9.17) is 0 Å². The number of Topliss-reactive ketones (excluding diaryl/α,β-unsaturated/α-hetero) is 3. The molecule has 0 aliphatic heterocycles. The van der Waals surface area contributed by atoms with Crippen molar-refractivity contribution in [1.29, 1.82) is 0 Å². The highest BCUT2D eigenvalue weighted by molar-refractivity contribution is 6.19. The van der Waals surface area contributed by atoms with Crippen molar-refractivity contribution < 1.29 is 34.8 Å². The van der Waals surface area contributed by atoms with E-state index in [0.29, 0.717) is 6.42 Å². The van der Waals surface area contributed by atoms with Crippen molar-refractivity contribution in [3.8, 4) is 17.2 Å². The van der Waals surface area contributed by atoms with Gasteiger partial charge in [0, 0.05) is 29.5 Å². The van der Waals surface area contributed by atoms with Gasteiger partial charge in [-0.15, -0.1) is 0 Å². The highest BCUT2D eigenvalue weighted by Crippen LogP contribution is 2.52. The number of aromatic hydroxyl groups is 3. The number of aliphatic hydroxyl groups excluding tert-OH is 1. The molecule has 1 aromatic rings. The molecule has 236 valence electrons. The second kappa shape index (κ2) is 15.1. The summed E-state index contributed by atoms with van der Waals surface area (Å²) in [7, 11) is 0. The normalized spacial score (nSPS) is 17.2. The van der Waals surface area contributed by atoms with Gasteiger partial charge in [-0.2, -0.15) is 0 Å². The van der Waals surface area contributed by atoms with Crippen LogP contribution in [0.15, 0.2) is 17.4 Å². The minimum atomic E-state index is -1.43. The molecule has 1 atom stereocenters. The topological polar surface area (TPSA) is 132 Å². The summed E-state index contributed by atoms with van der Waals surface area (Å²) in [5.41, 5.74) is -3.24. The Balaban J connectivity index is 2.29. The first-order valence-electron chi connectivity index (χ1n) is 15.9. The van der Waals surface area contributed by atoms with Gasteiger partial charge in [-0.25, -0.2) is 0 Å². The van der Waals surface area contributed by atoms with E-state index in [9.17, 15) is 34.8 Å². The zero-order valence-electron chi connectivity index (χ0n) is 26.9. The van der Waals surface area contributed by atoms with Crippen LogP contribution < -0.4 is 0 Å². The number of unbranched alkanes of at least 4 members (excludes halogenated alkanes) is 10. The predicted octanol–water partition coefficient (Wildman–Crippen LogP) is 8.83. The molecule has 0 fully saturated rings. The Morgan fingerprint density at radius 3 is 1.76 bits per heavy atom. The van der Waals surface area contributed by atoms with Crippen LogP contribution in [0.1, 0.15) is 154 Å². The van der Waals surface area contributed by atoms with Gasteiger partial charge < -0.3 is 20.4 Å². The number of ketones is 3. The van der Waals surface area contributed by atoms with Gasteiger partial charge in [-0.1, -0.05) is 85.0 Å². The summed E-state index contributed by atoms with van der Waals surface area (Å²) in [5, 5.41) is 44.2. The van der Waals surface area contributed by atoms with E-state index in [1.807, 2.05) is 13.8 Å². The summed E-state index contributed by atoms with van der Waals surface area (Å²) in [4.78, 5) is 40.0. The van der Waals surface area contributed by atoms with Crippen molar-refractivity contribution >= 4 is 17.3 Å². The lowest BCUT2D eigenvalue weighted by molar-refractivity contribution is -0.144. The number of hydrogen-bond acceptors (Lipinski definition) is 7. The Morgan fingerprint density at radius 1 is 0.762 bits per heavy atom. The number of hydrogen-bond donors (Lipinski definition) is 4. The molecule has 4 N–H and O–H groups in total. The minimum absolute atomic E-state index is 0.0463. The van der Waals surface area contributed by atoms with Crippen LogP contribution >= 0.6 is 0 Å². The van der Waals surface area contributed by atoms with Crippen LogP contribution in [0.4, 0.5) is 0 Å². The Labute approximate surface area is 252 Å². The van der Waals surface area contributed by atoms with Gasteiger partial charge in [0.25, 0.3) is 0 Å². The van der Waals surface area contributed by atoms with Crippen LogP contribution in [0.25, 0.3) is 0 Å². The lowest BCUT2D eigenvalue weighted by Crippen LogP contribution is -2.49. The van der Waals surface area contributed by atoms with Gasteiger partial charge in [0.2, 0.25) is 0 Å². The molecule has 0 amide bonds. The van der Waals surface area contributed by atoms with Gasteiger partial charge in [0.05, 0.1) is 10.8 Å². The molecular weight excluding hydrogens is 532 g/mol. The standard InChI is InChI=1S/C35H54O7/c1-8-9-10-11-12-13-14-15-16-17-18-19-24(36)29-26(38)21-25(37)27(30(29)39)23(20-22(2)3)28-31(40)34(4,5)33(42)35(6,7)32(28)41/h21-23,37-40H,8-20H2,1-7H3/t23-/m1/s1. The van der Waals surface area contributed by atoms with E-state index in [2.05, 4.69) is 6.92 Å². The molecule has 1 aliphatic carbocycles. The summed E-state index contributed by atoms with van der Waals surface area (Å²) in [6, 6.07) is 1.02. The van der Waals surface area contributed by atoms with E-state index in [1.54, 1.807) is 13.8 Å². The molecule has 0 spiro atoms. The fraction of sp³-hybridized carbons (Fsp3) is 0.686. The van der Waals surface area contributed by atoms with Gasteiger partial charge >= 0.3 is 0 Å². The number of rotatable bonds is 17. The molecule has 0 saturated heterocycles. The lowest BCUT2D eigenvalue weighted by Gasteiger charge is -2.41. The smallest absolute Gasteiger partial charge is 0.175 e. The molecule has 1 aliphatic rings. The van der Waals surface area contributed by atoms with E-state index < -0.39 is 57.1 Å². The highest BCUT2D eigenvalue weighted by Gasteiger charge is 2.55. The van der Waals surface area contributed by atoms with Crippen molar-refractivity contribution in [2.75, 3.05) is 0 Å². The number of aliphatic hydroxyl groups is 1. The molecule has 0 aromatic heterocycles. The molecule has 7 nitrogen and oxygen atoms in total. The number of carbonyl (C=O) groups is 3. The molecule has 0 radical (unpaired) electrons. The highest BCUT2D eigenvalue weighted by atomic mass is 16.3. The molecule has 0 bridgehead atoms. The summed E-state index contributed by atoms with van der Waals surface area (Å²) < 4.78 is 0. The monoisotopic (exact) mass is 586 g/mol. The maximum atomic E-state index is 13.7. The molecule has 7 heteroatoms. The maximum absolute atomic E-state index is 13.7. The number of phenolic OH excluding ortho intramolecular Hbond substituents is 3. The molecule has 42 heavy (non-hydrogen) atoms. The first-order valence-corrected chi connectivity index (χ1v) is 15.9. The average molecular weight is 587 g/mol. The number of phenols is 3. The third-order valence-electron chi connectivity index (χ3n) is 8.78. The van der Waals surface area contributed by atoms with Crippen molar-refractivity contribution in [2.45, 2.75) is 138 Å². The fourth-order valence-corrected chi connectivity index (χ4v) is 6.30. The quantitative estimate of drug-likeness (QED) is 0.0814. The maximum Gasteiger partial charge on any atom is 0.175 e. The zero-order chi connectivity index (χ0) is 31.8. The fourth-order valence-electron chi connectivity index (χ4n) is 6.30. The Kier molecular flexibility index (Phi) is 12.7. The zero-order valence-corrected chi connectivity index (χ0v) is 26.9. The van der Waals surface area contributed by atoms with Crippen LogP contribution in [0.3, 0.4) is 0 Å². The average Bonchev–Trinajstić information content (AvgIpc) is 2.89. The molecule has 0 unspecified atom stereocenters. The first-order chi connectivity index (χ1) is 19.6. The molecule has 0 heterocycles.